The Hall–Kier alpha value is -0.170. The number of rotatable bonds is 9. The Morgan fingerprint density at radius 2 is 1.56 bits per heavy atom. The maximum Gasteiger partial charge on any atom is -0.00995 e. The van der Waals surface area contributed by atoms with E-state index in [9.17, 15) is 0 Å². The van der Waals surface area contributed by atoms with E-state index < -0.39 is 0 Å². The summed E-state index contributed by atoms with van der Waals surface area (Å²) in [6, 6.07) is 0. The van der Waals surface area contributed by atoms with Crippen molar-refractivity contribution in [1.82, 2.24) is 0 Å². The summed E-state index contributed by atoms with van der Waals surface area (Å²) < 4.78 is 0. The van der Waals surface area contributed by atoms with Crippen LogP contribution in [0.1, 0.15) is 67.2 Å². The van der Waals surface area contributed by atoms with Gasteiger partial charge in [0.25, 0.3) is 0 Å². The Bertz CT molecular complexity index is 263. The fraction of sp³-hybridized carbons (Fsp3) is 0.824. The molecule has 0 aromatic carbocycles. The highest BCUT2D eigenvalue weighted by molar-refractivity contribution is 7.80. The number of allylic oxidation sites excluding steroid dienone is 1. The zero-order valence-electron chi connectivity index (χ0n) is 13.3. The molecule has 0 aromatic heterocycles. The van der Waals surface area contributed by atoms with Crippen LogP contribution in [0.3, 0.4) is 0 Å². The summed E-state index contributed by atoms with van der Waals surface area (Å²) in [7, 11) is 0. The van der Waals surface area contributed by atoms with Crippen molar-refractivity contribution in [3.63, 3.8) is 0 Å². The second kappa shape index (κ2) is 8.85. The average Bonchev–Trinajstić information content (AvgIpc) is 2.14. The predicted octanol–water partition coefficient (Wildman–Crippen LogP) is 6.06. The minimum absolute atomic E-state index is 0.646. The minimum Gasteiger partial charge on any atom is -0.0999 e. The van der Waals surface area contributed by atoms with Crippen molar-refractivity contribution >= 4 is 17.1 Å². The highest BCUT2D eigenvalue weighted by Gasteiger charge is 2.23. The maximum atomic E-state index is 5.34. The predicted molar refractivity (Wildman–Crippen MR) is 88.2 cm³/mol. The first-order valence-electron chi connectivity index (χ1n) is 7.38. The Kier molecular flexibility index (Phi) is 8.77. The lowest BCUT2D eigenvalue weighted by molar-refractivity contribution is 0.294. The molecule has 0 saturated heterocycles. The minimum atomic E-state index is 0.646. The molecule has 0 saturated carbocycles. The van der Waals surface area contributed by atoms with Crippen LogP contribution >= 0.6 is 12.2 Å². The van der Waals surface area contributed by atoms with E-state index in [2.05, 4.69) is 48.1 Å². The van der Waals surface area contributed by atoms with Crippen LogP contribution in [0.25, 0.3) is 0 Å². The van der Waals surface area contributed by atoms with E-state index in [1.54, 1.807) is 0 Å². The van der Waals surface area contributed by atoms with Gasteiger partial charge in [0.2, 0.25) is 0 Å². The van der Waals surface area contributed by atoms with Gasteiger partial charge in [-0.1, -0.05) is 58.5 Å². The summed E-state index contributed by atoms with van der Waals surface area (Å²) in [5.41, 5.74) is 1.34. The second-order valence-corrected chi connectivity index (χ2v) is 7.42. The zero-order valence-corrected chi connectivity index (χ0v) is 14.1. The molecule has 2 unspecified atom stereocenters. The summed E-state index contributed by atoms with van der Waals surface area (Å²) >= 11 is 5.34. The molecule has 0 fully saturated rings. The Labute approximate surface area is 120 Å². The van der Waals surface area contributed by atoms with E-state index in [4.69, 9.17) is 12.2 Å². The van der Waals surface area contributed by atoms with Gasteiger partial charge in [0.15, 0.2) is 0 Å². The molecule has 0 aliphatic heterocycles. The molecule has 0 aromatic rings. The molecule has 1 heteroatoms. The highest BCUT2D eigenvalue weighted by atomic mass is 32.1. The Morgan fingerprint density at radius 3 is 1.89 bits per heavy atom. The van der Waals surface area contributed by atoms with Gasteiger partial charge in [-0.3, -0.25) is 0 Å². The molecular formula is C17H32S. The smallest absolute Gasteiger partial charge is 0.00995 e. The quantitative estimate of drug-likeness (QED) is 0.362. The molecule has 18 heavy (non-hydrogen) atoms. The molecular weight excluding hydrogens is 236 g/mol. The third-order valence-corrected chi connectivity index (χ3v) is 3.75. The van der Waals surface area contributed by atoms with E-state index in [0.717, 1.165) is 23.1 Å². The molecule has 0 bridgehead atoms. The summed E-state index contributed by atoms with van der Waals surface area (Å²) in [5.74, 6) is 2.86. The normalized spacial score (nSPS) is 14.9. The van der Waals surface area contributed by atoms with Gasteiger partial charge in [-0.15, -0.1) is 0 Å². The van der Waals surface area contributed by atoms with Gasteiger partial charge in [0.05, 0.1) is 0 Å². The fourth-order valence-corrected chi connectivity index (χ4v) is 2.98. The largest absolute Gasteiger partial charge is 0.0999 e. The molecule has 0 amide bonds. The van der Waals surface area contributed by atoms with E-state index in [1.807, 2.05) is 0 Å². The second-order valence-electron chi connectivity index (χ2n) is 6.72. The molecule has 0 aliphatic rings. The molecule has 0 rings (SSSR count). The molecule has 106 valence electrons. The Morgan fingerprint density at radius 1 is 1.00 bits per heavy atom. The van der Waals surface area contributed by atoms with Gasteiger partial charge in [-0.25, -0.2) is 0 Å². The number of thiocarbonyl (C=S) groups is 1. The van der Waals surface area contributed by atoms with Crippen molar-refractivity contribution < 1.29 is 0 Å². The maximum absolute atomic E-state index is 5.34. The first-order valence-corrected chi connectivity index (χ1v) is 7.79. The van der Waals surface area contributed by atoms with Gasteiger partial charge >= 0.3 is 0 Å². The number of hydrogen-bond acceptors (Lipinski definition) is 1. The van der Waals surface area contributed by atoms with Gasteiger partial charge < -0.3 is 0 Å². The molecule has 0 N–H and O–H groups in total. The lowest BCUT2D eigenvalue weighted by Gasteiger charge is -2.29. The van der Waals surface area contributed by atoms with E-state index in [-0.39, 0.29) is 0 Å². The summed E-state index contributed by atoms with van der Waals surface area (Å²) in [6.45, 7) is 17.7. The van der Waals surface area contributed by atoms with Crippen LogP contribution in [0.5, 0.6) is 0 Å². The molecule has 0 nitrogen and oxygen atoms in total. The average molecular weight is 269 g/mol. The lowest BCUT2D eigenvalue weighted by Crippen LogP contribution is -2.20. The molecule has 0 heterocycles. The molecule has 2 atom stereocenters. The van der Waals surface area contributed by atoms with Gasteiger partial charge in [0, 0.05) is 0 Å². The van der Waals surface area contributed by atoms with Crippen LogP contribution in [0.15, 0.2) is 12.2 Å². The zero-order chi connectivity index (χ0) is 14.3. The van der Waals surface area contributed by atoms with E-state index in [0.29, 0.717) is 11.8 Å². The monoisotopic (exact) mass is 268 g/mol. The topological polar surface area (TPSA) is 0 Å². The summed E-state index contributed by atoms with van der Waals surface area (Å²) in [4.78, 5) is 1.15. The Balaban J connectivity index is 4.72. The standard InChI is InChI=1S/C17H32S/c1-12(2)8-9-17(14(5)6)16(10-13(3)4)11-15(7)18/h12-13,16-17H,5,8-11H2,1-4,6-7H3. The highest BCUT2D eigenvalue weighted by Crippen LogP contribution is 2.33. The van der Waals surface area contributed by atoms with Crippen molar-refractivity contribution in [3.8, 4) is 0 Å². The third kappa shape index (κ3) is 8.02. The van der Waals surface area contributed by atoms with Crippen LogP contribution in [-0.2, 0) is 0 Å². The van der Waals surface area contributed by atoms with Crippen LogP contribution < -0.4 is 0 Å². The van der Waals surface area contributed by atoms with Crippen molar-refractivity contribution in [2.24, 2.45) is 23.7 Å². The summed E-state index contributed by atoms with van der Waals surface area (Å²) in [6.07, 6.45) is 4.92. The third-order valence-electron chi connectivity index (χ3n) is 3.58. The van der Waals surface area contributed by atoms with Crippen molar-refractivity contribution in [1.29, 1.82) is 0 Å². The van der Waals surface area contributed by atoms with Crippen molar-refractivity contribution in [3.05, 3.63) is 12.2 Å². The van der Waals surface area contributed by atoms with Crippen LogP contribution in [-0.4, -0.2) is 4.86 Å². The lowest BCUT2D eigenvalue weighted by atomic mass is 9.76. The van der Waals surface area contributed by atoms with Gasteiger partial charge in [0.1, 0.15) is 0 Å². The number of hydrogen-bond donors (Lipinski definition) is 0. The first kappa shape index (κ1) is 17.8. The van der Waals surface area contributed by atoms with Crippen LogP contribution in [0.2, 0.25) is 0 Å². The summed E-state index contributed by atoms with van der Waals surface area (Å²) in [5, 5.41) is 0. The van der Waals surface area contributed by atoms with Crippen molar-refractivity contribution in [2.75, 3.05) is 0 Å². The SMILES string of the molecule is C=C(C)C(CCC(C)C)C(CC(C)=S)CC(C)C. The fourth-order valence-electron chi connectivity index (χ4n) is 2.76. The molecule has 0 radical (unpaired) electrons. The van der Waals surface area contributed by atoms with Gasteiger partial charge in [-0.05, 0) is 61.6 Å². The van der Waals surface area contributed by atoms with E-state index in [1.165, 1.54) is 24.8 Å². The van der Waals surface area contributed by atoms with Crippen molar-refractivity contribution in [2.45, 2.75) is 67.2 Å². The molecule has 0 aliphatic carbocycles. The first-order chi connectivity index (χ1) is 8.23. The van der Waals surface area contributed by atoms with Crippen LogP contribution in [0.4, 0.5) is 0 Å². The van der Waals surface area contributed by atoms with E-state index >= 15 is 0 Å². The van der Waals surface area contributed by atoms with Gasteiger partial charge in [-0.2, -0.15) is 0 Å². The molecule has 0 spiro atoms. The van der Waals surface area contributed by atoms with Crippen LogP contribution in [0, 0.1) is 23.7 Å².